The molecular formula is C22H21F3N4O3S. The van der Waals surface area contributed by atoms with Gasteiger partial charge in [0, 0.05) is 11.3 Å². The van der Waals surface area contributed by atoms with Gasteiger partial charge in [0.25, 0.3) is 0 Å². The number of ether oxygens (including phenoxy) is 1. The highest BCUT2D eigenvalue weighted by Crippen LogP contribution is 2.28. The maximum atomic E-state index is 13.0. The molecule has 1 amide bonds. The van der Waals surface area contributed by atoms with Crippen molar-refractivity contribution in [2.24, 2.45) is 0 Å². The third-order valence-electron chi connectivity index (χ3n) is 4.35. The Labute approximate surface area is 192 Å². The summed E-state index contributed by atoms with van der Waals surface area (Å²) in [6.07, 6.45) is -4.66. The second-order valence-electron chi connectivity index (χ2n) is 6.80. The number of halogens is 3. The number of alkyl halides is 3. The minimum atomic E-state index is -4.66. The molecule has 0 bridgehead atoms. The Hall–Kier alpha value is -3.34. The molecule has 1 aromatic heterocycles. The van der Waals surface area contributed by atoms with Gasteiger partial charge in [-0.2, -0.15) is 13.2 Å². The van der Waals surface area contributed by atoms with Gasteiger partial charge in [-0.3, -0.25) is 14.2 Å². The number of esters is 1. The number of amides is 1. The molecule has 1 heterocycles. The quantitative estimate of drug-likeness (QED) is 0.342. The Morgan fingerprint density at radius 3 is 2.27 bits per heavy atom. The molecule has 0 saturated carbocycles. The van der Waals surface area contributed by atoms with Gasteiger partial charge in [-0.1, -0.05) is 60.3 Å². The summed E-state index contributed by atoms with van der Waals surface area (Å²) in [5.41, 5.74) is 1.52. The first-order valence-electron chi connectivity index (χ1n) is 9.97. The van der Waals surface area contributed by atoms with E-state index in [9.17, 15) is 22.8 Å². The van der Waals surface area contributed by atoms with E-state index in [4.69, 9.17) is 4.74 Å². The molecule has 0 aliphatic heterocycles. The predicted octanol–water partition coefficient (Wildman–Crippen LogP) is 3.98. The maximum Gasteiger partial charge on any atom is 0.406 e. The van der Waals surface area contributed by atoms with E-state index in [2.05, 4.69) is 10.2 Å². The van der Waals surface area contributed by atoms with E-state index in [1.54, 1.807) is 4.57 Å². The van der Waals surface area contributed by atoms with Crippen LogP contribution in [0.5, 0.6) is 0 Å². The summed E-state index contributed by atoms with van der Waals surface area (Å²) in [6, 6.07) is 18.4. The maximum absolute atomic E-state index is 13.0. The first-order chi connectivity index (χ1) is 15.8. The summed E-state index contributed by atoms with van der Waals surface area (Å²) < 4.78 is 45.3. The van der Waals surface area contributed by atoms with Crippen LogP contribution in [-0.4, -0.2) is 63.2 Å². The van der Waals surface area contributed by atoms with Crippen molar-refractivity contribution in [1.29, 1.82) is 0 Å². The summed E-state index contributed by atoms with van der Waals surface area (Å²) in [4.78, 5) is 24.7. The Kier molecular flexibility index (Phi) is 8.10. The second-order valence-corrected chi connectivity index (χ2v) is 7.74. The van der Waals surface area contributed by atoms with Crippen LogP contribution >= 0.6 is 11.8 Å². The van der Waals surface area contributed by atoms with Crippen LogP contribution in [0.3, 0.4) is 0 Å². The van der Waals surface area contributed by atoms with Crippen LogP contribution in [0.1, 0.15) is 6.92 Å². The monoisotopic (exact) mass is 478 g/mol. The van der Waals surface area contributed by atoms with Crippen molar-refractivity contribution < 1.29 is 27.5 Å². The Morgan fingerprint density at radius 2 is 1.67 bits per heavy atom. The Morgan fingerprint density at radius 1 is 1.03 bits per heavy atom. The molecule has 3 rings (SSSR count). The van der Waals surface area contributed by atoms with Crippen LogP contribution in [0, 0.1) is 0 Å². The van der Waals surface area contributed by atoms with Crippen LogP contribution in [0.4, 0.5) is 13.2 Å². The lowest BCUT2D eigenvalue weighted by atomic mass is 10.2. The molecule has 7 nitrogen and oxygen atoms in total. The van der Waals surface area contributed by atoms with Crippen molar-refractivity contribution in [3.8, 4) is 17.1 Å². The minimum absolute atomic E-state index is 0.00404. The number of aromatic nitrogens is 3. The normalized spacial score (nSPS) is 11.3. The molecule has 0 fully saturated rings. The van der Waals surface area contributed by atoms with E-state index in [-0.39, 0.29) is 12.4 Å². The molecule has 0 radical (unpaired) electrons. The van der Waals surface area contributed by atoms with Gasteiger partial charge in [-0.15, -0.1) is 10.2 Å². The minimum Gasteiger partial charge on any atom is -0.465 e. The first-order valence-corrected chi connectivity index (χ1v) is 11.0. The molecule has 2 aromatic carbocycles. The van der Waals surface area contributed by atoms with E-state index < -0.39 is 31.1 Å². The fourth-order valence-corrected chi connectivity index (χ4v) is 3.83. The van der Waals surface area contributed by atoms with Gasteiger partial charge in [0.15, 0.2) is 11.0 Å². The van der Waals surface area contributed by atoms with Gasteiger partial charge < -0.3 is 9.64 Å². The second kappa shape index (κ2) is 11.0. The highest BCUT2D eigenvalue weighted by molar-refractivity contribution is 7.99. The SMILES string of the molecule is CCOC(=O)CN(CC(F)(F)F)C(=O)CSc1nnc(-c2ccccc2)n1-c1ccccc1. The number of benzene rings is 2. The van der Waals surface area contributed by atoms with Crippen LogP contribution in [0.25, 0.3) is 17.1 Å². The third-order valence-corrected chi connectivity index (χ3v) is 5.27. The average molecular weight is 478 g/mol. The highest BCUT2D eigenvalue weighted by Gasteiger charge is 2.34. The predicted molar refractivity (Wildman–Crippen MR) is 117 cm³/mol. The zero-order valence-electron chi connectivity index (χ0n) is 17.7. The van der Waals surface area contributed by atoms with Gasteiger partial charge in [-0.05, 0) is 19.1 Å². The molecule has 0 aliphatic rings. The van der Waals surface area contributed by atoms with Gasteiger partial charge >= 0.3 is 12.1 Å². The molecule has 0 spiro atoms. The van der Waals surface area contributed by atoms with Gasteiger partial charge in [0.05, 0.1) is 12.4 Å². The summed E-state index contributed by atoms with van der Waals surface area (Å²) in [5, 5.41) is 8.72. The topological polar surface area (TPSA) is 77.3 Å². The molecule has 0 aliphatic carbocycles. The van der Waals surface area contributed by atoms with E-state index >= 15 is 0 Å². The standard InChI is InChI=1S/C22H21F3N4O3S/c1-2-32-19(31)13-28(15-22(23,24)25)18(30)14-33-21-27-26-20(16-9-5-3-6-10-16)29(21)17-11-7-4-8-12-17/h3-12H,2,13-15H2,1H3. The fourth-order valence-electron chi connectivity index (χ4n) is 2.98. The summed E-state index contributed by atoms with van der Waals surface area (Å²) >= 11 is 0.939. The smallest absolute Gasteiger partial charge is 0.406 e. The lowest BCUT2D eigenvalue weighted by Crippen LogP contribution is -2.43. The molecular weight excluding hydrogens is 457 g/mol. The van der Waals surface area contributed by atoms with Crippen LogP contribution < -0.4 is 0 Å². The van der Waals surface area contributed by atoms with E-state index in [1.807, 2.05) is 60.7 Å². The molecule has 11 heteroatoms. The van der Waals surface area contributed by atoms with Crippen LogP contribution in [0.2, 0.25) is 0 Å². The number of rotatable bonds is 9. The average Bonchev–Trinajstić information content (AvgIpc) is 3.21. The summed E-state index contributed by atoms with van der Waals surface area (Å²) in [5.74, 6) is -1.61. The number of para-hydroxylation sites is 1. The number of hydrogen-bond acceptors (Lipinski definition) is 6. The van der Waals surface area contributed by atoms with Crippen molar-refractivity contribution in [1.82, 2.24) is 19.7 Å². The summed E-state index contributed by atoms with van der Waals surface area (Å²) in [6.45, 7) is -0.798. The van der Waals surface area contributed by atoms with E-state index in [0.29, 0.717) is 15.9 Å². The number of carbonyl (C=O) groups is 2. The lowest BCUT2D eigenvalue weighted by molar-refractivity contribution is -0.166. The fraction of sp³-hybridized carbons (Fsp3) is 0.273. The molecule has 33 heavy (non-hydrogen) atoms. The largest absolute Gasteiger partial charge is 0.465 e. The summed E-state index contributed by atoms with van der Waals surface area (Å²) in [7, 11) is 0. The van der Waals surface area contributed by atoms with E-state index in [0.717, 1.165) is 23.0 Å². The first kappa shape index (κ1) is 24.3. The molecule has 0 saturated heterocycles. The van der Waals surface area contributed by atoms with Crippen LogP contribution in [-0.2, 0) is 14.3 Å². The number of thioether (sulfide) groups is 1. The zero-order valence-corrected chi connectivity index (χ0v) is 18.5. The van der Waals surface area contributed by atoms with Crippen LogP contribution in [0.15, 0.2) is 65.8 Å². The Balaban J connectivity index is 1.84. The van der Waals surface area contributed by atoms with Crippen molar-refractivity contribution in [3.05, 3.63) is 60.7 Å². The van der Waals surface area contributed by atoms with Crippen molar-refractivity contribution in [2.45, 2.75) is 18.3 Å². The zero-order chi connectivity index (χ0) is 23.8. The molecule has 0 N–H and O–H groups in total. The highest BCUT2D eigenvalue weighted by atomic mass is 32.2. The molecule has 0 unspecified atom stereocenters. The van der Waals surface area contributed by atoms with E-state index in [1.165, 1.54) is 6.92 Å². The van der Waals surface area contributed by atoms with Gasteiger partial charge in [-0.25, -0.2) is 0 Å². The lowest BCUT2D eigenvalue weighted by Gasteiger charge is -2.22. The number of nitrogens with zero attached hydrogens (tertiary/aromatic N) is 4. The number of carbonyl (C=O) groups excluding carboxylic acids is 2. The molecule has 174 valence electrons. The molecule has 3 aromatic rings. The van der Waals surface area contributed by atoms with Gasteiger partial charge in [0.1, 0.15) is 13.1 Å². The third kappa shape index (κ3) is 6.82. The molecule has 0 atom stereocenters. The van der Waals surface area contributed by atoms with Crippen molar-refractivity contribution >= 4 is 23.6 Å². The Bertz CT molecular complexity index is 1080. The van der Waals surface area contributed by atoms with Gasteiger partial charge in [0.2, 0.25) is 5.91 Å². The number of hydrogen-bond donors (Lipinski definition) is 0. The van der Waals surface area contributed by atoms with Crippen molar-refractivity contribution in [3.63, 3.8) is 0 Å². The van der Waals surface area contributed by atoms with Crippen molar-refractivity contribution in [2.75, 3.05) is 25.4 Å².